The summed E-state index contributed by atoms with van der Waals surface area (Å²) in [4.78, 5) is 26.8. The van der Waals surface area contributed by atoms with Gasteiger partial charge in [-0.3, -0.25) is 4.79 Å². The third kappa shape index (κ3) is 5.44. The predicted octanol–water partition coefficient (Wildman–Crippen LogP) is 1.13. The molecule has 0 aliphatic carbocycles. The van der Waals surface area contributed by atoms with Crippen molar-refractivity contribution < 1.29 is 33.3 Å². The third-order valence-corrected chi connectivity index (χ3v) is 5.34. The average molecular weight is 460 g/mol. The van der Waals surface area contributed by atoms with Crippen molar-refractivity contribution in [1.82, 2.24) is 15.3 Å². The van der Waals surface area contributed by atoms with Crippen LogP contribution < -0.4 is 10.1 Å². The molecule has 3 atom stereocenters. The molecule has 0 saturated carbocycles. The van der Waals surface area contributed by atoms with E-state index in [-0.39, 0.29) is 49.5 Å². The molecule has 0 spiro atoms. The molecule has 0 radical (unpaired) electrons. The van der Waals surface area contributed by atoms with Crippen LogP contribution in [0.4, 0.5) is 4.39 Å². The number of aryl methyl sites for hydroxylation is 1. The zero-order valence-corrected chi connectivity index (χ0v) is 18.3. The number of aliphatic hydroxyl groups is 1. The highest BCUT2D eigenvalue weighted by Gasteiger charge is 2.35. The van der Waals surface area contributed by atoms with E-state index in [1.807, 2.05) is 0 Å². The van der Waals surface area contributed by atoms with Crippen LogP contribution in [0.2, 0.25) is 0 Å². The molecule has 2 aliphatic heterocycles. The normalized spacial score (nSPS) is 22.4. The molecule has 1 aromatic carbocycles. The van der Waals surface area contributed by atoms with Gasteiger partial charge in [-0.05, 0) is 30.7 Å². The number of nitrogens with one attached hydrogen (secondary N) is 1. The summed E-state index contributed by atoms with van der Waals surface area (Å²) < 4.78 is 29.8. The Morgan fingerprint density at radius 1 is 1.24 bits per heavy atom. The van der Waals surface area contributed by atoms with E-state index in [9.17, 15) is 9.18 Å². The molecule has 1 saturated heterocycles. The minimum atomic E-state index is -0.472. The minimum Gasteiger partial charge on any atom is -0.494 e. The second-order valence-corrected chi connectivity index (χ2v) is 7.73. The molecule has 1 amide bonds. The Bertz CT molecular complexity index is 1040. The maximum absolute atomic E-state index is 13.6. The first-order valence-corrected chi connectivity index (χ1v) is 10.5. The van der Waals surface area contributed by atoms with Crippen LogP contribution in [0.5, 0.6) is 5.75 Å². The van der Waals surface area contributed by atoms with Crippen molar-refractivity contribution in [2.24, 2.45) is 5.16 Å². The second kappa shape index (κ2) is 10.2. The number of oxime groups is 1. The lowest BCUT2D eigenvalue weighted by Gasteiger charge is -2.30. The summed E-state index contributed by atoms with van der Waals surface area (Å²) in [5.41, 5.74) is 1.93. The number of benzene rings is 1. The molecule has 10 nitrogen and oxygen atoms in total. The Morgan fingerprint density at radius 2 is 2.09 bits per heavy atom. The van der Waals surface area contributed by atoms with Crippen molar-refractivity contribution in [3.63, 3.8) is 0 Å². The number of nitrogens with zero attached hydrogens (tertiary/aromatic N) is 3. The third-order valence-electron chi connectivity index (χ3n) is 5.34. The van der Waals surface area contributed by atoms with E-state index in [2.05, 4.69) is 20.4 Å². The van der Waals surface area contributed by atoms with E-state index in [0.29, 0.717) is 35.8 Å². The summed E-state index contributed by atoms with van der Waals surface area (Å²) in [6, 6.07) is 5.93. The zero-order chi connectivity index (χ0) is 23.4. The van der Waals surface area contributed by atoms with Crippen LogP contribution in [-0.2, 0) is 20.9 Å². The number of aliphatic hydroxyl groups excluding tert-OH is 1. The standard InChI is InChI=1S/C22H25FN4O6/c1-12-25-16(17-7-20(33-27-17)21-11-31-14(9-28)10-32-21)6-18(26-12)22(29)24-8-13-3-4-15(23)19(5-13)30-2/h3-6,14,20-21,28H,7-11H2,1-2H3,(H,24,29)/t14-,20+,21-/m0/s1. The van der Waals surface area contributed by atoms with Crippen LogP contribution in [0.3, 0.4) is 0 Å². The Balaban J connectivity index is 1.39. The molecule has 2 N–H and O–H groups in total. The van der Waals surface area contributed by atoms with Crippen molar-refractivity contribution >= 4 is 11.6 Å². The highest BCUT2D eigenvalue weighted by Crippen LogP contribution is 2.23. The average Bonchev–Trinajstić information content (AvgIpc) is 3.33. The molecule has 1 aromatic heterocycles. The van der Waals surface area contributed by atoms with Crippen LogP contribution in [0.15, 0.2) is 29.4 Å². The summed E-state index contributed by atoms with van der Waals surface area (Å²) in [7, 11) is 1.38. The molecule has 4 rings (SSSR count). The lowest BCUT2D eigenvalue weighted by molar-refractivity contribution is -0.178. The maximum atomic E-state index is 13.6. The van der Waals surface area contributed by atoms with E-state index >= 15 is 0 Å². The molecule has 1 fully saturated rings. The molecule has 0 bridgehead atoms. The summed E-state index contributed by atoms with van der Waals surface area (Å²) in [5.74, 6) is -0.356. The van der Waals surface area contributed by atoms with Gasteiger partial charge in [0.05, 0.1) is 32.6 Å². The Kier molecular flexibility index (Phi) is 7.11. The smallest absolute Gasteiger partial charge is 0.270 e. The lowest BCUT2D eigenvalue weighted by Crippen LogP contribution is -2.43. The van der Waals surface area contributed by atoms with Crippen LogP contribution >= 0.6 is 0 Å². The van der Waals surface area contributed by atoms with E-state index in [1.54, 1.807) is 19.1 Å². The number of aromatic nitrogens is 2. The van der Waals surface area contributed by atoms with Gasteiger partial charge in [-0.25, -0.2) is 14.4 Å². The topological polar surface area (TPSA) is 124 Å². The monoisotopic (exact) mass is 460 g/mol. The molecule has 2 aromatic rings. The molecule has 176 valence electrons. The van der Waals surface area contributed by atoms with E-state index < -0.39 is 11.7 Å². The van der Waals surface area contributed by atoms with Gasteiger partial charge in [-0.2, -0.15) is 0 Å². The highest BCUT2D eigenvalue weighted by molar-refractivity contribution is 6.02. The fourth-order valence-corrected chi connectivity index (χ4v) is 3.54. The lowest BCUT2D eigenvalue weighted by atomic mass is 10.0. The SMILES string of the molecule is COc1cc(CNC(=O)c2cc(C3=NO[C@@H]([C@@H]4CO[C@@H](CO)CO4)C3)nc(C)n2)ccc1F. The van der Waals surface area contributed by atoms with Gasteiger partial charge in [0, 0.05) is 13.0 Å². The van der Waals surface area contributed by atoms with Gasteiger partial charge >= 0.3 is 0 Å². The van der Waals surface area contributed by atoms with Gasteiger partial charge in [0.2, 0.25) is 0 Å². The fraction of sp³-hybridized carbons (Fsp3) is 0.455. The largest absolute Gasteiger partial charge is 0.494 e. The first kappa shape index (κ1) is 23.0. The van der Waals surface area contributed by atoms with Crippen LogP contribution in [0.25, 0.3) is 0 Å². The summed E-state index contributed by atoms with van der Waals surface area (Å²) in [6.07, 6.45) is -0.553. The van der Waals surface area contributed by atoms with Crippen molar-refractivity contribution in [2.75, 3.05) is 26.9 Å². The zero-order valence-electron chi connectivity index (χ0n) is 18.3. The second-order valence-electron chi connectivity index (χ2n) is 7.73. The summed E-state index contributed by atoms with van der Waals surface area (Å²) >= 11 is 0. The van der Waals surface area contributed by atoms with Crippen LogP contribution in [0, 0.1) is 12.7 Å². The highest BCUT2D eigenvalue weighted by atomic mass is 19.1. The number of methoxy groups -OCH3 is 1. The minimum absolute atomic E-state index is 0.0975. The number of hydrogen-bond donors (Lipinski definition) is 2. The van der Waals surface area contributed by atoms with Gasteiger partial charge < -0.3 is 29.5 Å². The molecular formula is C22H25FN4O6. The molecule has 11 heteroatoms. The number of carbonyl (C=O) groups is 1. The number of halogens is 1. The molecule has 3 heterocycles. The number of ether oxygens (including phenoxy) is 3. The first-order valence-electron chi connectivity index (χ1n) is 10.5. The maximum Gasteiger partial charge on any atom is 0.270 e. The number of amides is 1. The van der Waals surface area contributed by atoms with Gasteiger partial charge in [-0.1, -0.05) is 11.2 Å². The summed E-state index contributed by atoms with van der Waals surface area (Å²) in [5, 5.41) is 16.0. The van der Waals surface area contributed by atoms with Crippen molar-refractivity contribution in [2.45, 2.75) is 38.2 Å². The number of hydrogen-bond acceptors (Lipinski definition) is 9. The van der Waals surface area contributed by atoms with Crippen LogP contribution in [0.1, 0.15) is 34.0 Å². The predicted molar refractivity (Wildman–Crippen MR) is 113 cm³/mol. The van der Waals surface area contributed by atoms with Crippen LogP contribution in [-0.4, -0.2) is 71.9 Å². The number of carbonyl (C=O) groups excluding carboxylic acids is 1. The van der Waals surface area contributed by atoms with E-state index in [1.165, 1.54) is 19.2 Å². The van der Waals surface area contributed by atoms with Crippen molar-refractivity contribution in [1.29, 1.82) is 0 Å². The quantitative estimate of drug-likeness (QED) is 0.630. The Hall–Kier alpha value is -3.15. The van der Waals surface area contributed by atoms with E-state index in [0.717, 1.165) is 0 Å². The molecule has 2 aliphatic rings. The Morgan fingerprint density at radius 3 is 2.82 bits per heavy atom. The molecule has 0 unspecified atom stereocenters. The summed E-state index contributed by atoms with van der Waals surface area (Å²) in [6.45, 7) is 2.34. The van der Waals surface area contributed by atoms with Gasteiger partial charge in [0.1, 0.15) is 29.4 Å². The Labute approximate surface area is 189 Å². The van der Waals surface area contributed by atoms with Crippen molar-refractivity contribution in [3.8, 4) is 5.75 Å². The van der Waals surface area contributed by atoms with Crippen molar-refractivity contribution in [3.05, 3.63) is 52.9 Å². The fourth-order valence-electron chi connectivity index (χ4n) is 3.54. The van der Waals surface area contributed by atoms with E-state index in [4.69, 9.17) is 24.2 Å². The van der Waals surface area contributed by atoms with Gasteiger partial charge in [0.15, 0.2) is 17.7 Å². The van der Waals surface area contributed by atoms with Gasteiger partial charge in [-0.15, -0.1) is 0 Å². The molecule has 33 heavy (non-hydrogen) atoms. The molecular weight excluding hydrogens is 435 g/mol. The van der Waals surface area contributed by atoms with Gasteiger partial charge in [0.25, 0.3) is 5.91 Å². The number of rotatable bonds is 7. The first-order chi connectivity index (χ1) is 16.0.